The van der Waals surface area contributed by atoms with Crippen molar-refractivity contribution in [1.82, 2.24) is 5.32 Å². The van der Waals surface area contributed by atoms with Gasteiger partial charge >= 0.3 is 5.97 Å². The minimum atomic E-state index is -1.03. The largest absolute Gasteiger partial charge is 0.479 e. The Morgan fingerprint density at radius 3 is 2.54 bits per heavy atom. The van der Waals surface area contributed by atoms with Crippen LogP contribution in [-0.2, 0) is 9.59 Å². The lowest BCUT2D eigenvalue weighted by molar-refractivity contribution is -0.144. The standard InChI is InChI=1S/C21H20N2O4S/c1-12-4-7-16(10-13(12)2)22-21-23-19(24)18(28-21)11-15-5-8-17(9-6-15)27-14(3)20(25)26/h4-11,14H,1-3H3,(H,25,26)(H,22,23,24)/b18-11+/t14-/m0/s1. The zero-order valence-electron chi connectivity index (χ0n) is 15.7. The number of aliphatic carboxylic acids is 1. The maximum atomic E-state index is 12.2. The van der Waals surface area contributed by atoms with Crippen molar-refractivity contribution < 1.29 is 19.4 Å². The highest BCUT2D eigenvalue weighted by molar-refractivity contribution is 8.18. The highest BCUT2D eigenvalue weighted by Crippen LogP contribution is 2.29. The van der Waals surface area contributed by atoms with Gasteiger partial charge in [-0.05, 0) is 79.6 Å². The second-order valence-electron chi connectivity index (χ2n) is 6.42. The summed E-state index contributed by atoms with van der Waals surface area (Å²) in [6.07, 6.45) is 0.831. The number of benzene rings is 2. The molecule has 0 aromatic heterocycles. The number of rotatable bonds is 5. The summed E-state index contributed by atoms with van der Waals surface area (Å²) in [5.74, 6) is -0.772. The van der Waals surface area contributed by atoms with Gasteiger partial charge in [-0.15, -0.1) is 0 Å². The van der Waals surface area contributed by atoms with Crippen LogP contribution in [-0.4, -0.2) is 28.3 Å². The van der Waals surface area contributed by atoms with Crippen molar-refractivity contribution >= 4 is 40.6 Å². The second kappa shape index (κ2) is 8.31. The fraction of sp³-hybridized carbons (Fsp3) is 0.190. The molecule has 2 aromatic rings. The van der Waals surface area contributed by atoms with Crippen LogP contribution in [0.2, 0.25) is 0 Å². The van der Waals surface area contributed by atoms with E-state index in [4.69, 9.17) is 9.84 Å². The first-order valence-corrected chi connectivity index (χ1v) is 9.50. The number of nitrogens with zero attached hydrogens (tertiary/aromatic N) is 1. The van der Waals surface area contributed by atoms with E-state index in [9.17, 15) is 9.59 Å². The zero-order chi connectivity index (χ0) is 20.3. The molecule has 1 aliphatic heterocycles. The lowest BCUT2D eigenvalue weighted by atomic mass is 10.1. The van der Waals surface area contributed by atoms with Gasteiger partial charge in [-0.25, -0.2) is 9.79 Å². The van der Waals surface area contributed by atoms with Gasteiger partial charge in [0.2, 0.25) is 0 Å². The van der Waals surface area contributed by atoms with Crippen LogP contribution in [0.5, 0.6) is 5.75 Å². The molecule has 144 valence electrons. The van der Waals surface area contributed by atoms with E-state index in [2.05, 4.69) is 10.3 Å². The monoisotopic (exact) mass is 396 g/mol. The summed E-state index contributed by atoms with van der Waals surface area (Å²) in [5, 5.41) is 12.2. The van der Waals surface area contributed by atoms with Crippen molar-refractivity contribution in [2.45, 2.75) is 26.9 Å². The molecule has 1 amide bonds. The Kier molecular flexibility index (Phi) is 5.84. The van der Waals surface area contributed by atoms with Crippen molar-refractivity contribution in [3.05, 3.63) is 64.1 Å². The summed E-state index contributed by atoms with van der Waals surface area (Å²) in [4.78, 5) is 28.1. The Morgan fingerprint density at radius 2 is 1.89 bits per heavy atom. The van der Waals surface area contributed by atoms with Crippen LogP contribution in [0.15, 0.2) is 52.4 Å². The molecular weight excluding hydrogens is 376 g/mol. The normalized spacial score (nSPS) is 17.6. The first-order valence-electron chi connectivity index (χ1n) is 8.68. The molecule has 2 N–H and O–H groups in total. The van der Waals surface area contributed by atoms with Gasteiger partial charge in [0.1, 0.15) is 5.75 Å². The lowest BCUT2D eigenvalue weighted by Gasteiger charge is -2.10. The van der Waals surface area contributed by atoms with E-state index in [1.54, 1.807) is 30.3 Å². The lowest BCUT2D eigenvalue weighted by Crippen LogP contribution is -2.22. The molecule has 7 heteroatoms. The van der Waals surface area contributed by atoms with E-state index in [1.807, 2.05) is 32.0 Å². The minimum Gasteiger partial charge on any atom is -0.479 e. The van der Waals surface area contributed by atoms with Gasteiger partial charge in [0.25, 0.3) is 5.91 Å². The van der Waals surface area contributed by atoms with Gasteiger partial charge in [-0.3, -0.25) is 4.79 Å². The Labute approximate surface area is 167 Å². The number of nitrogens with one attached hydrogen (secondary N) is 1. The molecule has 28 heavy (non-hydrogen) atoms. The number of hydrogen-bond donors (Lipinski definition) is 2. The van der Waals surface area contributed by atoms with Gasteiger partial charge in [0.15, 0.2) is 11.3 Å². The fourth-order valence-electron chi connectivity index (χ4n) is 2.44. The molecule has 1 fully saturated rings. The highest BCUT2D eigenvalue weighted by Gasteiger charge is 2.23. The van der Waals surface area contributed by atoms with E-state index in [1.165, 1.54) is 24.2 Å². The predicted molar refractivity (Wildman–Crippen MR) is 111 cm³/mol. The molecule has 6 nitrogen and oxygen atoms in total. The number of hydrogen-bond acceptors (Lipinski definition) is 5. The van der Waals surface area contributed by atoms with Crippen LogP contribution in [0.25, 0.3) is 6.08 Å². The van der Waals surface area contributed by atoms with Gasteiger partial charge in [-0.2, -0.15) is 0 Å². The maximum absolute atomic E-state index is 12.2. The third-order valence-corrected chi connectivity index (χ3v) is 5.12. The molecule has 0 saturated carbocycles. The van der Waals surface area contributed by atoms with Crippen LogP contribution in [0.4, 0.5) is 5.69 Å². The number of aliphatic imine (C=N–C) groups is 1. The van der Waals surface area contributed by atoms with Crippen LogP contribution in [0.1, 0.15) is 23.6 Å². The molecule has 0 unspecified atom stereocenters. The quantitative estimate of drug-likeness (QED) is 0.745. The summed E-state index contributed by atoms with van der Waals surface area (Å²) in [5.41, 5.74) is 3.94. The average molecular weight is 396 g/mol. The third kappa shape index (κ3) is 4.80. The minimum absolute atomic E-state index is 0.201. The molecule has 0 aliphatic carbocycles. The van der Waals surface area contributed by atoms with Crippen LogP contribution in [0.3, 0.4) is 0 Å². The molecule has 0 bridgehead atoms. The SMILES string of the molecule is Cc1ccc(N=C2NC(=O)/C(=C\c3ccc(O[C@@H](C)C(=O)O)cc3)S2)cc1C. The summed E-state index contributed by atoms with van der Waals surface area (Å²) in [6.45, 7) is 5.53. The number of aryl methyl sites for hydroxylation is 2. The summed E-state index contributed by atoms with van der Waals surface area (Å²) >= 11 is 1.28. The molecular formula is C21H20N2O4S. The molecule has 1 saturated heterocycles. The number of ether oxygens (including phenoxy) is 1. The van der Waals surface area contributed by atoms with Crippen molar-refractivity contribution in [3.8, 4) is 5.75 Å². The Hall–Kier alpha value is -3.06. The predicted octanol–water partition coefficient (Wildman–Crippen LogP) is 4.05. The Morgan fingerprint density at radius 1 is 1.18 bits per heavy atom. The number of thioether (sulfide) groups is 1. The van der Waals surface area contributed by atoms with Crippen molar-refractivity contribution in [1.29, 1.82) is 0 Å². The number of carbonyl (C=O) groups is 2. The number of carboxylic acids is 1. The van der Waals surface area contributed by atoms with E-state index in [0.29, 0.717) is 15.8 Å². The average Bonchev–Trinajstić information content (AvgIpc) is 2.98. The molecule has 1 atom stereocenters. The summed E-state index contributed by atoms with van der Waals surface area (Å²) < 4.78 is 5.30. The van der Waals surface area contributed by atoms with Crippen LogP contribution in [0, 0.1) is 13.8 Å². The molecule has 1 aliphatic rings. The van der Waals surface area contributed by atoms with Crippen LogP contribution >= 0.6 is 11.8 Å². The van der Waals surface area contributed by atoms with Gasteiger partial charge in [0, 0.05) is 0 Å². The Balaban J connectivity index is 1.72. The highest BCUT2D eigenvalue weighted by atomic mass is 32.2. The first kappa shape index (κ1) is 19.7. The molecule has 2 aromatic carbocycles. The van der Waals surface area contributed by atoms with Gasteiger partial charge < -0.3 is 15.2 Å². The fourth-order valence-corrected chi connectivity index (χ4v) is 3.28. The zero-order valence-corrected chi connectivity index (χ0v) is 16.5. The first-order chi connectivity index (χ1) is 13.3. The van der Waals surface area contributed by atoms with Crippen LogP contribution < -0.4 is 10.1 Å². The molecule has 0 spiro atoms. The van der Waals surface area contributed by atoms with E-state index in [-0.39, 0.29) is 5.91 Å². The van der Waals surface area contributed by atoms with E-state index >= 15 is 0 Å². The summed E-state index contributed by atoms with van der Waals surface area (Å²) in [6, 6.07) is 12.8. The number of amidine groups is 1. The van der Waals surface area contributed by atoms with Gasteiger partial charge in [0.05, 0.1) is 10.6 Å². The smallest absolute Gasteiger partial charge is 0.344 e. The second-order valence-corrected chi connectivity index (χ2v) is 7.45. The Bertz CT molecular complexity index is 980. The van der Waals surface area contributed by atoms with Crippen molar-refractivity contribution in [2.75, 3.05) is 0 Å². The molecule has 3 rings (SSSR count). The van der Waals surface area contributed by atoms with E-state index in [0.717, 1.165) is 16.8 Å². The molecule has 0 radical (unpaired) electrons. The maximum Gasteiger partial charge on any atom is 0.344 e. The summed E-state index contributed by atoms with van der Waals surface area (Å²) in [7, 11) is 0. The van der Waals surface area contributed by atoms with Crippen molar-refractivity contribution in [3.63, 3.8) is 0 Å². The number of amides is 1. The number of carboxylic acid groups (broad SMARTS) is 1. The molecule has 1 heterocycles. The third-order valence-electron chi connectivity index (χ3n) is 4.21. The van der Waals surface area contributed by atoms with E-state index < -0.39 is 12.1 Å². The number of carbonyl (C=O) groups excluding carboxylic acids is 1. The topological polar surface area (TPSA) is 88.0 Å². The van der Waals surface area contributed by atoms with Gasteiger partial charge in [-0.1, -0.05) is 18.2 Å². The van der Waals surface area contributed by atoms with Crippen molar-refractivity contribution in [2.24, 2.45) is 4.99 Å².